The Labute approximate surface area is 227 Å². The number of ether oxygens (including phenoxy) is 1. The molecule has 2 bridgehead atoms. The number of nitrogens with zero attached hydrogens (tertiary/aromatic N) is 2. The Morgan fingerprint density at radius 1 is 0.821 bits per heavy atom. The predicted octanol–water partition coefficient (Wildman–Crippen LogP) is 6.21. The van der Waals surface area contributed by atoms with Gasteiger partial charge in [-0.1, -0.05) is 73.7 Å². The molecule has 4 aliphatic rings. The number of carbonyl (C=O) groups excluding carboxylic acids is 2. The normalized spacial score (nSPS) is 24.6. The zero-order chi connectivity index (χ0) is 26.7. The van der Waals surface area contributed by atoms with Crippen molar-refractivity contribution in [2.45, 2.75) is 24.7 Å². The van der Waals surface area contributed by atoms with Gasteiger partial charge in [-0.2, -0.15) is 0 Å². The number of rotatable bonds is 5. The number of aliphatic imine (C=N–C) groups is 1. The predicted molar refractivity (Wildman–Crippen MR) is 152 cm³/mol. The minimum Gasteiger partial charge on any atom is -0.497 e. The third-order valence-corrected chi connectivity index (χ3v) is 8.79. The van der Waals surface area contributed by atoms with E-state index >= 15 is 0 Å². The van der Waals surface area contributed by atoms with E-state index in [1.165, 1.54) is 4.90 Å². The second kappa shape index (κ2) is 8.77. The lowest BCUT2D eigenvalue weighted by atomic mass is 9.47. The highest BCUT2D eigenvalue weighted by Crippen LogP contribution is 2.63. The van der Waals surface area contributed by atoms with Crippen LogP contribution in [0.3, 0.4) is 0 Å². The highest BCUT2D eigenvalue weighted by molar-refractivity contribution is 6.25. The number of hydrogen-bond donors (Lipinski definition) is 0. The minimum atomic E-state index is -0.874. The summed E-state index contributed by atoms with van der Waals surface area (Å²) < 4.78 is 5.31. The van der Waals surface area contributed by atoms with E-state index in [4.69, 9.17) is 9.73 Å². The van der Waals surface area contributed by atoms with Gasteiger partial charge >= 0.3 is 0 Å². The summed E-state index contributed by atoms with van der Waals surface area (Å²) >= 11 is 0. The smallest absolute Gasteiger partial charge is 0.239 e. The number of amides is 2. The fraction of sp³-hybridized carbons (Fsp3) is 0.206. The molecule has 192 valence electrons. The van der Waals surface area contributed by atoms with E-state index in [2.05, 4.69) is 37.3 Å². The number of imide groups is 1. The number of para-hydroxylation sites is 1. The third kappa shape index (κ3) is 3.16. The van der Waals surface area contributed by atoms with Gasteiger partial charge in [0, 0.05) is 12.1 Å². The molecule has 2 atom stereocenters. The molecule has 4 aromatic rings. The van der Waals surface area contributed by atoms with Gasteiger partial charge in [0.2, 0.25) is 11.8 Å². The van der Waals surface area contributed by atoms with Crippen molar-refractivity contribution in [1.29, 1.82) is 0 Å². The standard InChI is InChI=1S/C34H28N2O3/c1-3-21-10-4-9-15-28(21)35-20-34-26-13-7-5-11-24(26)29(25-12-6-8-14-27(25)34)30-31(34)33(38)36(32(30)37)22-16-18-23(39-2)19-17-22/h4-20,29-31H,3H2,1-2H3. The van der Waals surface area contributed by atoms with Crippen LogP contribution in [0.1, 0.15) is 40.7 Å². The van der Waals surface area contributed by atoms with Gasteiger partial charge in [0.25, 0.3) is 0 Å². The van der Waals surface area contributed by atoms with Crippen molar-refractivity contribution in [3.05, 3.63) is 125 Å². The monoisotopic (exact) mass is 512 g/mol. The van der Waals surface area contributed by atoms with Gasteiger partial charge in [-0.3, -0.25) is 14.6 Å². The van der Waals surface area contributed by atoms with E-state index in [0.717, 1.165) is 39.9 Å². The van der Waals surface area contributed by atoms with E-state index in [-0.39, 0.29) is 17.7 Å². The van der Waals surface area contributed by atoms with Crippen LogP contribution in [-0.4, -0.2) is 25.1 Å². The number of benzene rings is 4. The van der Waals surface area contributed by atoms with Crippen molar-refractivity contribution in [3.8, 4) is 5.75 Å². The van der Waals surface area contributed by atoms with Crippen LogP contribution in [0.15, 0.2) is 102 Å². The Hall–Kier alpha value is -4.51. The van der Waals surface area contributed by atoms with Gasteiger partial charge in [0.05, 0.1) is 35.7 Å². The fourth-order valence-electron chi connectivity index (χ4n) is 7.14. The van der Waals surface area contributed by atoms with Crippen molar-refractivity contribution < 1.29 is 14.3 Å². The van der Waals surface area contributed by atoms with E-state index < -0.39 is 17.3 Å². The molecule has 0 aromatic heterocycles. The zero-order valence-corrected chi connectivity index (χ0v) is 21.9. The fourth-order valence-corrected chi connectivity index (χ4v) is 7.14. The van der Waals surface area contributed by atoms with Gasteiger partial charge in [0.15, 0.2) is 0 Å². The Morgan fingerprint density at radius 3 is 2.08 bits per heavy atom. The summed E-state index contributed by atoms with van der Waals surface area (Å²) in [6, 6.07) is 31.8. The summed E-state index contributed by atoms with van der Waals surface area (Å²) in [6.07, 6.45) is 2.82. The molecule has 1 saturated heterocycles. The quantitative estimate of drug-likeness (QED) is 0.236. The van der Waals surface area contributed by atoms with E-state index in [1.807, 2.05) is 48.7 Å². The average Bonchev–Trinajstić information content (AvgIpc) is 3.26. The van der Waals surface area contributed by atoms with Crippen LogP contribution >= 0.6 is 0 Å². The summed E-state index contributed by atoms with van der Waals surface area (Å²) in [5, 5.41) is 0. The molecule has 0 spiro atoms. The molecule has 0 radical (unpaired) electrons. The zero-order valence-electron chi connectivity index (χ0n) is 21.9. The molecule has 1 fully saturated rings. The number of aryl methyl sites for hydroxylation is 1. The van der Waals surface area contributed by atoms with Gasteiger partial charge in [-0.25, -0.2) is 4.90 Å². The Morgan fingerprint density at radius 2 is 1.44 bits per heavy atom. The highest BCUT2D eigenvalue weighted by atomic mass is 16.5. The molecule has 3 aliphatic carbocycles. The van der Waals surface area contributed by atoms with Crippen molar-refractivity contribution >= 4 is 29.4 Å². The topological polar surface area (TPSA) is 59.0 Å². The van der Waals surface area contributed by atoms with E-state index in [1.54, 1.807) is 31.4 Å². The maximum absolute atomic E-state index is 14.5. The molecule has 0 N–H and O–H groups in total. The summed E-state index contributed by atoms with van der Waals surface area (Å²) in [7, 11) is 1.60. The molecule has 5 heteroatoms. The Balaban J connectivity index is 1.48. The number of methoxy groups -OCH3 is 1. The van der Waals surface area contributed by atoms with Crippen LogP contribution in [0.5, 0.6) is 5.75 Å². The molecular formula is C34H28N2O3. The Kier molecular flexibility index (Phi) is 5.31. The molecule has 2 amide bonds. The molecular weight excluding hydrogens is 484 g/mol. The van der Waals surface area contributed by atoms with Gasteiger partial charge in [0.1, 0.15) is 5.75 Å². The average molecular weight is 513 g/mol. The van der Waals surface area contributed by atoms with Crippen molar-refractivity contribution in [1.82, 2.24) is 0 Å². The molecule has 1 aliphatic heterocycles. The van der Waals surface area contributed by atoms with Crippen LogP contribution in [-0.2, 0) is 21.4 Å². The van der Waals surface area contributed by atoms with Crippen LogP contribution in [0.2, 0.25) is 0 Å². The van der Waals surface area contributed by atoms with Gasteiger partial charge in [-0.05, 0) is 64.6 Å². The summed E-state index contributed by atoms with van der Waals surface area (Å²) in [6.45, 7) is 2.12. The van der Waals surface area contributed by atoms with Gasteiger partial charge < -0.3 is 4.74 Å². The number of anilines is 1. The van der Waals surface area contributed by atoms with Crippen LogP contribution in [0.4, 0.5) is 11.4 Å². The third-order valence-electron chi connectivity index (χ3n) is 8.79. The first-order valence-corrected chi connectivity index (χ1v) is 13.4. The molecule has 8 rings (SSSR count). The molecule has 2 unspecified atom stereocenters. The minimum absolute atomic E-state index is 0.157. The van der Waals surface area contributed by atoms with E-state index in [0.29, 0.717) is 11.4 Å². The van der Waals surface area contributed by atoms with E-state index in [9.17, 15) is 9.59 Å². The van der Waals surface area contributed by atoms with Crippen molar-refractivity contribution in [2.24, 2.45) is 16.8 Å². The Bertz CT molecular complexity index is 1610. The maximum Gasteiger partial charge on any atom is 0.239 e. The molecule has 0 saturated carbocycles. The van der Waals surface area contributed by atoms with Crippen LogP contribution < -0.4 is 9.64 Å². The summed E-state index contributed by atoms with van der Waals surface area (Å²) in [4.78, 5) is 35.2. The first kappa shape index (κ1) is 23.6. The second-order valence-electron chi connectivity index (χ2n) is 10.5. The van der Waals surface area contributed by atoms with Crippen molar-refractivity contribution in [2.75, 3.05) is 12.0 Å². The first-order chi connectivity index (χ1) is 19.1. The van der Waals surface area contributed by atoms with Gasteiger partial charge in [-0.15, -0.1) is 0 Å². The SMILES string of the molecule is CCc1ccccc1N=CC12c3ccccc3C(c3ccccc31)C1C(=O)N(c3ccc(OC)cc3)C(=O)C12. The highest BCUT2D eigenvalue weighted by Gasteiger charge is 2.67. The lowest BCUT2D eigenvalue weighted by Gasteiger charge is -2.52. The summed E-state index contributed by atoms with van der Waals surface area (Å²) in [5.41, 5.74) is 6.04. The largest absolute Gasteiger partial charge is 0.497 e. The lowest BCUT2D eigenvalue weighted by Crippen LogP contribution is -2.54. The van der Waals surface area contributed by atoms with Crippen LogP contribution in [0.25, 0.3) is 0 Å². The first-order valence-electron chi connectivity index (χ1n) is 13.4. The molecule has 4 aromatic carbocycles. The molecule has 1 heterocycles. The van der Waals surface area contributed by atoms with Crippen LogP contribution in [0, 0.1) is 11.8 Å². The summed E-state index contributed by atoms with van der Waals surface area (Å²) in [5.74, 6) is -0.972. The lowest BCUT2D eigenvalue weighted by molar-refractivity contribution is -0.122. The number of hydrogen-bond acceptors (Lipinski definition) is 4. The molecule has 5 nitrogen and oxygen atoms in total. The number of carbonyl (C=O) groups is 2. The second-order valence-corrected chi connectivity index (χ2v) is 10.5. The van der Waals surface area contributed by atoms with Crippen molar-refractivity contribution in [3.63, 3.8) is 0 Å². The molecule has 39 heavy (non-hydrogen) atoms. The maximum atomic E-state index is 14.5.